The van der Waals surface area contributed by atoms with E-state index < -0.39 is 25.2 Å². The van der Waals surface area contributed by atoms with Crippen LogP contribution >= 0.6 is 8.53 Å². The number of ether oxygens (including phenoxy) is 3. The Kier molecular flexibility index (Phi) is 13.9. The molecule has 1 aliphatic carbocycles. The summed E-state index contributed by atoms with van der Waals surface area (Å²) in [5, 5.41) is 9.30. The second kappa shape index (κ2) is 18.4. The smallest absolute Gasteiger partial charge is 0.328 e. The van der Waals surface area contributed by atoms with Crippen LogP contribution in [-0.4, -0.2) is 60.3 Å². The van der Waals surface area contributed by atoms with Gasteiger partial charge in [-0.15, -0.1) is 0 Å². The summed E-state index contributed by atoms with van der Waals surface area (Å²) in [4.78, 5) is 29.0. The van der Waals surface area contributed by atoms with E-state index in [1.807, 2.05) is 85.8 Å². The lowest BCUT2D eigenvalue weighted by Crippen LogP contribution is -2.44. The van der Waals surface area contributed by atoms with Crippen molar-refractivity contribution in [3.63, 3.8) is 0 Å². The average molecular weight is 757 g/mol. The van der Waals surface area contributed by atoms with Gasteiger partial charge in [0.2, 0.25) is 0 Å². The number of hydrogen-bond acceptors (Lipinski definition) is 9. The summed E-state index contributed by atoms with van der Waals surface area (Å²) in [5.41, 5.74) is 1.33. The Morgan fingerprint density at radius 1 is 0.833 bits per heavy atom. The highest BCUT2D eigenvalue weighted by Gasteiger charge is 2.42. The quantitative estimate of drug-likeness (QED) is 0.0594. The van der Waals surface area contributed by atoms with Crippen LogP contribution in [0.3, 0.4) is 0 Å². The van der Waals surface area contributed by atoms with E-state index >= 15 is 0 Å². The molecule has 0 fully saturated rings. The molecular weight excluding hydrogens is 703 g/mol. The van der Waals surface area contributed by atoms with E-state index in [2.05, 4.69) is 43.4 Å². The van der Waals surface area contributed by atoms with Crippen molar-refractivity contribution in [2.24, 2.45) is 5.41 Å². The minimum absolute atomic E-state index is 0.0988. The molecule has 2 atom stereocenters. The lowest BCUT2D eigenvalue weighted by atomic mass is 9.79. The predicted octanol–water partition coefficient (Wildman–Crippen LogP) is 7.35. The molecule has 0 spiro atoms. The van der Waals surface area contributed by atoms with Gasteiger partial charge < -0.3 is 23.3 Å². The highest BCUT2D eigenvalue weighted by molar-refractivity contribution is 7.44. The maximum absolute atomic E-state index is 13.6. The lowest BCUT2D eigenvalue weighted by Gasteiger charge is -2.41. The van der Waals surface area contributed by atoms with E-state index in [4.69, 9.17) is 23.3 Å². The molecule has 3 aromatic carbocycles. The fourth-order valence-corrected chi connectivity index (χ4v) is 8.96. The van der Waals surface area contributed by atoms with Crippen LogP contribution in [-0.2, 0) is 38.8 Å². The molecule has 0 amide bonds. The number of nitriles is 1. The zero-order chi connectivity index (χ0) is 38.9. The van der Waals surface area contributed by atoms with Crippen molar-refractivity contribution in [1.29, 1.82) is 5.26 Å². The number of hydrogen-bond donors (Lipinski definition) is 1. The Morgan fingerprint density at radius 2 is 1.41 bits per heavy atom. The molecule has 0 saturated heterocycles. The Balaban J connectivity index is 1.64. The van der Waals surface area contributed by atoms with Crippen molar-refractivity contribution < 1.29 is 23.3 Å². The van der Waals surface area contributed by atoms with Gasteiger partial charge in [0.05, 0.1) is 46.5 Å². The highest BCUT2D eigenvalue weighted by Crippen LogP contribution is 2.48. The molecule has 5 rings (SSSR count). The fourth-order valence-electron chi connectivity index (χ4n) is 7.20. The topological polar surface area (TPSA) is 128 Å². The second-order valence-electron chi connectivity index (χ2n) is 14.5. The number of nitrogens with zero attached hydrogens (tertiary/aromatic N) is 3. The molecule has 1 N–H and O–H groups in total. The summed E-state index contributed by atoms with van der Waals surface area (Å²) in [6.07, 6.45) is 2.29. The van der Waals surface area contributed by atoms with Crippen LogP contribution in [0, 0.1) is 16.7 Å². The predicted molar refractivity (Wildman–Crippen MR) is 211 cm³/mol. The third-order valence-corrected chi connectivity index (χ3v) is 11.8. The number of fused-ring (bicyclic) bond motifs is 1. The van der Waals surface area contributed by atoms with Gasteiger partial charge in [-0.3, -0.25) is 14.3 Å². The zero-order valence-electron chi connectivity index (χ0n) is 32.5. The number of nitrogens with one attached hydrogen (secondary N) is 1. The first kappa shape index (κ1) is 40.9. The Morgan fingerprint density at radius 3 is 1.94 bits per heavy atom. The third kappa shape index (κ3) is 9.14. The van der Waals surface area contributed by atoms with Crippen molar-refractivity contribution in [1.82, 2.24) is 14.2 Å². The molecule has 1 heterocycles. The molecule has 12 heteroatoms. The van der Waals surface area contributed by atoms with Crippen molar-refractivity contribution in [3.05, 3.63) is 128 Å². The molecule has 4 aromatic rings. The fraction of sp³-hybridized carbons (Fsp3) is 0.452. The van der Waals surface area contributed by atoms with Gasteiger partial charge in [0, 0.05) is 35.3 Å². The Labute approximate surface area is 319 Å². The van der Waals surface area contributed by atoms with E-state index in [0.29, 0.717) is 29.9 Å². The molecule has 1 aromatic heterocycles. The zero-order valence-corrected chi connectivity index (χ0v) is 33.4. The first-order chi connectivity index (χ1) is 26.0. The highest BCUT2D eigenvalue weighted by atomic mass is 31.2. The van der Waals surface area contributed by atoms with Gasteiger partial charge in [-0.1, -0.05) is 61.5 Å². The van der Waals surface area contributed by atoms with Crippen LogP contribution in [0.4, 0.5) is 0 Å². The van der Waals surface area contributed by atoms with Gasteiger partial charge in [-0.25, -0.2) is 9.46 Å². The van der Waals surface area contributed by atoms with Crippen LogP contribution < -0.4 is 20.7 Å². The van der Waals surface area contributed by atoms with E-state index in [1.165, 1.54) is 0 Å². The molecule has 1 aliphatic rings. The maximum Gasteiger partial charge on any atom is 0.328 e. The average Bonchev–Trinajstić information content (AvgIpc) is 3.67. The van der Waals surface area contributed by atoms with E-state index in [1.54, 1.807) is 18.8 Å². The van der Waals surface area contributed by atoms with Crippen LogP contribution in [0.15, 0.2) is 88.5 Å². The first-order valence-corrected chi connectivity index (χ1v) is 19.6. The summed E-state index contributed by atoms with van der Waals surface area (Å²) >= 11 is 0. The molecule has 288 valence electrons. The summed E-state index contributed by atoms with van der Waals surface area (Å²) in [7, 11) is 1.68. The van der Waals surface area contributed by atoms with Gasteiger partial charge in [0.15, 0.2) is 0 Å². The molecule has 2 unspecified atom stereocenters. The summed E-state index contributed by atoms with van der Waals surface area (Å²) in [6, 6.07) is 28.1. The molecule has 0 bridgehead atoms. The summed E-state index contributed by atoms with van der Waals surface area (Å²) < 4.78 is 35.4. The molecule has 0 aliphatic heterocycles. The number of aromatic nitrogens is 2. The van der Waals surface area contributed by atoms with Crippen LogP contribution in [0.25, 0.3) is 0 Å². The number of H-pyrrole nitrogens is 1. The monoisotopic (exact) mass is 756 g/mol. The third-order valence-electron chi connectivity index (χ3n) is 9.79. The molecule has 0 saturated carbocycles. The van der Waals surface area contributed by atoms with Crippen molar-refractivity contribution in [3.8, 4) is 17.6 Å². The Bertz CT molecular complexity index is 1920. The SMILES string of the molecule is COc1ccc(C(OCC(C)(COP(OCCC#N)N(C(C)C)C(C)C)Cn2c3c(c(=O)[nH]c2=O)CCC3)(c2ccccc2)c2ccc(OC)cc2)cc1. The van der Waals surface area contributed by atoms with E-state index in [0.717, 1.165) is 28.8 Å². The first-order valence-electron chi connectivity index (χ1n) is 18.5. The maximum atomic E-state index is 13.6. The van der Waals surface area contributed by atoms with Crippen molar-refractivity contribution >= 4 is 8.53 Å². The number of aromatic amines is 1. The van der Waals surface area contributed by atoms with E-state index in [9.17, 15) is 14.9 Å². The minimum Gasteiger partial charge on any atom is -0.497 e. The van der Waals surface area contributed by atoms with Gasteiger partial charge in [0.1, 0.15) is 17.1 Å². The molecule has 0 radical (unpaired) electrons. The summed E-state index contributed by atoms with van der Waals surface area (Å²) in [5.74, 6) is 1.43. The van der Waals surface area contributed by atoms with Gasteiger partial charge in [0.25, 0.3) is 14.1 Å². The van der Waals surface area contributed by atoms with Gasteiger partial charge in [-0.2, -0.15) is 5.26 Å². The van der Waals surface area contributed by atoms with Crippen LogP contribution in [0.1, 0.15) is 75.4 Å². The largest absolute Gasteiger partial charge is 0.497 e. The van der Waals surface area contributed by atoms with Gasteiger partial charge >= 0.3 is 5.69 Å². The van der Waals surface area contributed by atoms with Crippen LogP contribution in [0.2, 0.25) is 0 Å². The number of rotatable bonds is 19. The second-order valence-corrected chi connectivity index (χ2v) is 16.0. The molecule has 54 heavy (non-hydrogen) atoms. The van der Waals surface area contributed by atoms with Crippen molar-refractivity contribution in [2.45, 2.75) is 84.5 Å². The van der Waals surface area contributed by atoms with E-state index in [-0.39, 0.29) is 50.4 Å². The van der Waals surface area contributed by atoms with Crippen molar-refractivity contribution in [2.75, 3.05) is 34.0 Å². The number of methoxy groups -OCH3 is 2. The Hall–Kier alpha value is -4.30. The standard InChI is InChI=1S/C42H53N4O7P/c1-30(2)46(31(3)4)54(52-26-12-25-43)53-29-41(5,27-45-38-16-11-15-37(38)39(47)44-40(45)48)28-51-42(32-13-9-8-10-14-32,33-17-21-35(49-6)22-18-33)34-19-23-36(50-7)24-20-34/h8-10,13-14,17-24,30-31H,11-12,15-16,26-29H2,1-7H3,(H,44,47,48). The molecule has 11 nitrogen and oxygen atoms in total. The number of benzene rings is 3. The van der Waals surface area contributed by atoms with Gasteiger partial charge in [-0.05, 0) is 87.9 Å². The minimum atomic E-state index is -1.60. The molecular formula is C42H53N4O7P. The summed E-state index contributed by atoms with van der Waals surface area (Å²) in [6.45, 7) is 11.1. The normalized spacial score (nSPS) is 14.5. The lowest BCUT2D eigenvalue weighted by molar-refractivity contribution is -0.0565. The van der Waals surface area contributed by atoms with Crippen LogP contribution in [0.5, 0.6) is 11.5 Å².